The van der Waals surface area contributed by atoms with Crippen LogP contribution in [0.1, 0.15) is 35.5 Å². The normalized spacial score (nSPS) is 12.7. The Hall–Kier alpha value is -1.30. The topological polar surface area (TPSA) is 38.9 Å². The Labute approximate surface area is 111 Å². The van der Waals surface area contributed by atoms with Gasteiger partial charge in [-0.3, -0.25) is 0 Å². The minimum absolute atomic E-state index is 0.0173. The molecule has 6 heteroatoms. The summed E-state index contributed by atoms with van der Waals surface area (Å²) >= 11 is 3.40. The summed E-state index contributed by atoms with van der Waals surface area (Å²) in [6, 6.07) is 3.71. The molecular formula is C12H11BrF2N2O. The van der Waals surface area contributed by atoms with Crippen molar-refractivity contribution in [2.75, 3.05) is 0 Å². The van der Waals surface area contributed by atoms with Crippen molar-refractivity contribution >= 4 is 15.9 Å². The molecule has 3 nitrogen and oxygen atoms in total. The first-order chi connectivity index (χ1) is 8.60. The molecule has 18 heavy (non-hydrogen) atoms. The number of alkyl halides is 1. The maximum absolute atomic E-state index is 13.0. The van der Waals surface area contributed by atoms with E-state index in [-0.39, 0.29) is 11.2 Å². The molecule has 1 aromatic heterocycles. The first-order valence-electron chi connectivity index (χ1n) is 5.50. The number of hydrogen-bond acceptors (Lipinski definition) is 3. The van der Waals surface area contributed by atoms with E-state index in [2.05, 4.69) is 26.1 Å². The highest BCUT2D eigenvalue weighted by Crippen LogP contribution is 2.25. The minimum atomic E-state index is -0.876. The predicted molar refractivity (Wildman–Crippen MR) is 65.4 cm³/mol. The van der Waals surface area contributed by atoms with Gasteiger partial charge in [0, 0.05) is 0 Å². The van der Waals surface area contributed by atoms with Crippen LogP contribution in [0, 0.1) is 11.6 Å². The zero-order valence-corrected chi connectivity index (χ0v) is 11.2. The molecule has 0 aliphatic heterocycles. The number of benzene rings is 1. The molecule has 0 fully saturated rings. The maximum atomic E-state index is 13.0. The highest BCUT2D eigenvalue weighted by Gasteiger charge is 2.14. The second-order valence-electron chi connectivity index (χ2n) is 3.84. The standard InChI is InChI=1S/C12H11BrF2N2O/c1-2-8(13)12-17-16-11(18-12)6-7-3-4-9(14)10(15)5-7/h3-5,8H,2,6H2,1H3. The molecule has 0 aliphatic rings. The fourth-order valence-electron chi connectivity index (χ4n) is 1.46. The molecule has 0 N–H and O–H groups in total. The summed E-state index contributed by atoms with van der Waals surface area (Å²) in [7, 11) is 0. The van der Waals surface area contributed by atoms with Gasteiger partial charge in [0.1, 0.15) is 0 Å². The molecule has 2 aromatic rings. The first-order valence-corrected chi connectivity index (χ1v) is 6.42. The van der Waals surface area contributed by atoms with Gasteiger partial charge >= 0.3 is 0 Å². The number of nitrogens with zero attached hydrogens (tertiary/aromatic N) is 2. The lowest BCUT2D eigenvalue weighted by Gasteiger charge is -1.99. The van der Waals surface area contributed by atoms with Crippen LogP contribution in [0.25, 0.3) is 0 Å². The lowest BCUT2D eigenvalue weighted by molar-refractivity contribution is 0.453. The molecular weight excluding hydrogens is 306 g/mol. The quantitative estimate of drug-likeness (QED) is 0.806. The van der Waals surface area contributed by atoms with Crippen LogP contribution in [0.15, 0.2) is 22.6 Å². The molecule has 0 radical (unpaired) electrons. The molecule has 1 unspecified atom stereocenters. The molecule has 2 rings (SSSR count). The van der Waals surface area contributed by atoms with Gasteiger partial charge in [-0.25, -0.2) is 8.78 Å². The van der Waals surface area contributed by atoms with Crippen LogP contribution in [-0.2, 0) is 6.42 Å². The first kappa shape index (κ1) is 13.1. The van der Waals surface area contributed by atoms with Crippen LogP contribution < -0.4 is 0 Å². The Morgan fingerprint density at radius 3 is 2.72 bits per heavy atom. The van der Waals surface area contributed by atoms with Crippen LogP contribution in [0.3, 0.4) is 0 Å². The van der Waals surface area contributed by atoms with E-state index < -0.39 is 11.6 Å². The average molecular weight is 317 g/mol. The van der Waals surface area contributed by atoms with E-state index in [1.165, 1.54) is 6.07 Å². The third-order valence-electron chi connectivity index (χ3n) is 2.45. The van der Waals surface area contributed by atoms with Gasteiger partial charge in [-0.1, -0.05) is 28.9 Å². The predicted octanol–water partition coefficient (Wildman–Crippen LogP) is 3.78. The van der Waals surface area contributed by atoms with Crippen molar-refractivity contribution in [2.45, 2.75) is 24.6 Å². The van der Waals surface area contributed by atoms with E-state index in [0.29, 0.717) is 17.3 Å². The number of aromatic nitrogens is 2. The van der Waals surface area contributed by atoms with Crippen molar-refractivity contribution in [3.8, 4) is 0 Å². The molecule has 0 amide bonds. The molecule has 0 saturated carbocycles. The van der Waals surface area contributed by atoms with Crippen molar-refractivity contribution in [1.82, 2.24) is 10.2 Å². The van der Waals surface area contributed by atoms with E-state index in [1.807, 2.05) is 6.92 Å². The highest BCUT2D eigenvalue weighted by molar-refractivity contribution is 9.09. The summed E-state index contributed by atoms with van der Waals surface area (Å²) in [4.78, 5) is 0.0173. The third-order valence-corrected chi connectivity index (χ3v) is 3.49. The lowest BCUT2D eigenvalue weighted by atomic mass is 10.1. The van der Waals surface area contributed by atoms with Crippen molar-refractivity contribution in [1.29, 1.82) is 0 Å². The summed E-state index contributed by atoms with van der Waals surface area (Å²) in [6.45, 7) is 1.98. The van der Waals surface area contributed by atoms with Crippen LogP contribution >= 0.6 is 15.9 Å². The van der Waals surface area contributed by atoms with Crippen molar-refractivity contribution in [3.05, 3.63) is 47.2 Å². The second kappa shape index (κ2) is 5.56. The molecule has 0 aliphatic carbocycles. The molecule has 0 spiro atoms. The van der Waals surface area contributed by atoms with Crippen LogP contribution in [0.5, 0.6) is 0 Å². The van der Waals surface area contributed by atoms with Crippen LogP contribution in [-0.4, -0.2) is 10.2 Å². The van der Waals surface area contributed by atoms with Gasteiger partial charge in [-0.15, -0.1) is 10.2 Å². The Morgan fingerprint density at radius 1 is 1.28 bits per heavy atom. The van der Waals surface area contributed by atoms with Gasteiger partial charge in [0.05, 0.1) is 11.2 Å². The van der Waals surface area contributed by atoms with Crippen molar-refractivity contribution in [2.24, 2.45) is 0 Å². The Morgan fingerprint density at radius 2 is 2.06 bits per heavy atom. The van der Waals surface area contributed by atoms with Crippen LogP contribution in [0.4, 0.5) is 8.78 Å². The summed E-state index contributed by atoms with van der Waals surface area (Å²) in [5.41, 5.74) is 0.590. The summed E-state index contributed by atoms with van der Waals surface area (Å²) in [5.74, 6) is -0.861. The summed E-state index contributed by atoms with van der Waals surface area (Å²) < 4.78 is 31.2. The molecule has 1 atom stereocenters. The van der Waals surface area contributed by atoms with E-state index in [1.54, 1.807) is 0 Å². The lowest BCUT2D eigenvalue weighted by Crippen LogP contribution is -1.91. The van der Waals surface area contributed by atoms with Crippen LogP contribution in [0.2, 0.25) is 0 Å². The fraction of sp³-hybridized carbons (Fsp3) is 0.333. The average Bonchev–Trinajstić information content (AvgIpc) is 2.81. The zero-order chi connectivity index (χ0) is 13.1. The van der Waals surface area contributed by atoms with E-state index in [0.717, 1.165) is 18.6 Å². The monoisotopic (exact) mass is 316 g/mol. The smallest absolute Gasteiger partial charge is 0.230 e. The SMILES string of the molecule is CCC(Br)c1nnc(Cc2ccc(F)c(F)c2)o1. The van der Waals surface area contributed by atoms with Gasteiger partial charge in [-0.2, -0.15) is 0 Å². The van der Waals surface area contributed by atoms with E-state index in [9.17, 15) is 8.78 Å². The maximum Gasteiger partial charge on any atom is 0.230 e. The second-order valence-corrected chi connectivity index (χ2v) is 4.94. The molecule has 96 valence electrons. The van der Waals surface area contributed by atoms with Gasteiger partial charge in [-0.05, 0) is 24.1 Å². The van der Waals surface area contributed by atoms with Gasteiger partial charge in [0.2, 0.25) is 11.8 Å². The van der Waals surface area contributed by atoms with Gasteiger partial charge in [0.15, 0.2) is 11.6 Å². The number of halogens is 3. The zero-order valence-electron chi connectivity index (χ0n) is 9.66. The molecule has 1 heterocycles. The summed E-state index contributed by atoms with van der Waals surface area (Å²) in [5, 5.41) is 7.76. The fourth-order valence-corrected chi connectivity index (χ4v) is 1.65. The van der Waals surface area contributed by atoms with Crippen molar-refractivity contribution in [3.63, 3.8) is 0 Å². The van der Waals surface area contributed by atoms with Crippen molar-refractivity contribution < 1.29 is 13.2 Å². The van der Waals surface area contributed by atoms with Gasteiger partial charge in [0.25, 0.3) is 0 Å². The third kappa shape index (κ3) is 2.93. The molecule has 0 bridgehead atoms. The number of hydrogen-bond donors (Lipinski definition) is 0. The molecule has 0 saturated heterocycles. The number of rotatable bonds is 4. The van der Waals surface area contributed by atoms with Gasteiger partial charge < -0.3 is 4.42 Å². The van der Waals surface area contributed by atoms with E-state index in [4.69, 9.17) is 4.42 Å². The summed E-state index contributed by atoms with van der Waals surface area (Å²) in [6.07, 6.45) is 1.11. The Bertz CT molecular complexity index is 545. The van der Waals surface area contributed by atoms with E-state index >= 15 is 0 Å². The largest absolute Gasteiger partial charge is 0.424 e. The highest BCUT2D eigenvalue weighted by atomic mass is 79.9. The molecule has 1 aromatic carbocycles. The Kier molecular flexibility index (Phi) is 4.06. The minimum Gasteiger partial charge on any atom is -0.424 e. The Balaban J connectivity index is 2.13.